The van der Waals surface area contributed by atoms with Gasteiger partial charge in [0, 0.05) is 25.1 Å². The van der Waals surface area contributed by atoms with Crippen LogP contribution in [0.15, 0.2) is 30.3 Å². The van der Waals surface area contributed by atoms with Crippen LogP contribution in [0.2, 0.25) is 0 Å². The van der Waals surface area contributed by atoms with E-state index < -0.39 is 0 Å². The van der Waals surface area contributed by atoms with E-state index in [0.717, 1.165) is 17.5 Å². The fourth-order valence-electron chi connectivity index (χ4n) is 2.37. The van der Waals surface area contributed by atoms with E-state index >= 15 is 0 Å². The number of carbonyl (C=O) groups excluding carboxylic acids is 2. The highest BCUT2D eigenvalue weighted by Crippen LogP contribution is 2.24. The van der Waals surface area contributed by atoms with Gasteiger partial charge in [-0.25, -0.2) is 0 Å². The van der Waals surface area contributed by atoms with Crippen molar-refractivity contribution in [3.05, 3.63) is 52.7 Å². The van der Waals surface area contributed by atoms with Crippen LogP contribution in [0.5, 0.6) is 5.88 Å². The smallest absolute Gasteiger partial charge is 0.312 e. The van der Waals surface area contributed by atoms with Crippen LogP contribution in [-0.2, 0) is 11.8 Å². The number of nitrogens with zero attached hydrogens (tertiary/aromatic N) is 1. The van der Waals surface area contributed by atoms with E-state index in [0.29, 0.717) is 23.6 Å². The van der Waals surface area contributed by atoms with Crippen molar-refractivity contribution >= 4 is 11.8 Å². The average molecular weight is 299 g/mol. The molecule has 0 saturated heterocycles. The Labute approximate surface area is 130 Å². The van der Waals surface area contributed by atoms with Crippen LogP contribution in [0.25, 0.3) is 0 Å². The molecule has 2 rings (SSSR count). The van der Waals surface area contributed by atoms with Crippen LogP contribution < -0.4 is 4.74 Å². The Morgan fingerprint density at radius 2 is 1.77 bits per heavy atom. The van der Waals surface area contributed by atoms with E-state index in [9.17, 15) is 9.59 Å². The molecule has 0 aliphatic heterocycles. The molecule has 0 unspecified atom stereocenters. The van der Waals surface area contributed by atoms with Crippen molar-refractivity contribution in [2.45, 2.75) is 33.6 Å². The minimum absolute atomic E-state index is 0.0715. The minimum Gasteiger partial charge on any atom is -0.409 e. The first-order valence-electron chi connectivity index (χ1n) is 7.42. The van der Waals surface area contributed by atoms with Crippen LogP contribution in [0, 0.1) is 13.8 Å². The third kappa shape index (κ3) is 3.27. The normalized spacial score (nSPS) is 10.5. The minimum atomic E-state index is -0.280. The van der Waals surface area contributed by atoms with Gasteiger partial charge in [-0.15, -0.1) is 0 Å². The Balaban J connectivity index is 2.31. The van der Waals surface area contributed by atoms with Gasteiger partial charge in [0.25, 0.3) is 0 Å². The van der Waals surface area contributed by atoms with Crippen LogP contribution in [0.1, 0.15) is 46.9 Å². The molecule has 0 N–H and O–H groups in total. The molecule has 0 fully saturated rings. The summed E-state index contributed by atoms with van der Waals surface area (Å²) in [6.45, 7) is 5.75. The predicted octanol–water partition coefficient (Wildman–Crippen LogP) is 3.58. The zero-order valence-electron chi connectivity index (χ0n) is 13.5. The first-order chi connectivity index (χ1) is 10.4. The Kier molecular flexibility index (Phi) is 4.81. The number of carbonyl (C=O) groups is 2. The number of benzene rings is 1. The molecule has 22 heavy (non-hydrogen) atoms. The van der Waals surface area contributed by atoms with Crippen LogP contribution in [0.3, 0.4) is 0 Å². The Bertz CT molecular complexity index is 696. The summed E-state index contributed by atoms with van der Waals surface area (Å²) < 4.78 is 6.97. The SMILES string of the molecule is CCCC(=O)Oc1cc(C)c(C(=O)c2ccc(C)cc2)n1C. The standard InChI is InChI=1S/C18H21NO3/c1-5-6-16(20)22-15-11-13(3)17(19(15)4)18(21)14-9-7-12(2)8-10-14/h7-11H,5-6H2,1-4H3. The van der Waals surface area contributed by atoms with Crippen LogP contribution >= 0.6 is 0 Å². The summed E-state index contributed by atoms with van der Waals surface area (Å²) >= 11 is 0. The van der Waals surface area contributed by atoms with E-state index in [2.05, 4.69) is 0 Å². The fourth-order valence-corrected chi connectivity index (χ4v) is 2.37. The lowest BCUT2D eigenvalue weighted by molar-refractivity contribution is -0.134. The molecule has 0 radical (unpaired) electrons. The van der Waals surface area contributed by atoms with E-state index in [1.54, 1.807) is 17.7 Å². The Hall–Kier alpha value is -2.36. The molecule has 2 aromatic rings. The van der Waals surface area contributed by atoms with Crippen molar-refractivity contribution in [3.8, 4) is 5.88 Å². The fraction of sp³-hybridized carbons (Fsp3) is 0.333. The van der Waals surface area contributed by atoms with Crippen molar-refractivity contribution in [2.75, 3.05) is 0 Å². The summed E-state index contributed by atoms with van der Waals surface area (Å²) in [4.78, 5) is 24.3. The third-order valence-electron chi connectivity index (χ3n) is 3.58. The maximum atomic E-state index is 12.7. The summed E-state index contributed by atoms with van der Waals surface area (Å²) in [7, 11) is 1.74. The summed E-state index contributed by atoms with van der Waals surface area (Å²) in [5, 5.41) is 0. The Morgan fingerprint density at radius 3 is 2.36 bits per heavy atom. The first-order valence-corrected chi connectivity index (χ1v) is 7.42. The summed E-state index contributed by atoms with van der Waals surface area (Å²) in [5.74, 6) is 0.0571. The van der Waals surface area contributed by atoms with E-state index in [1.165, 1.54) is 0 Å². The van der Waals surface area contributed by atoms with Crippen LogP contribution in [-0.4, -0.2) is 16.3 Å². The van der Waals surface area contributed by atoms with Gasteiger partial charge >= 0.3 is 5.97 Å². The van der Waals surface area contributed by atoms with Crippen molar-refractivity contribution in [1.29, 1.82) is 0 Å². The van der Waals surface area contributed by atoms with Gasteiger partial charge in [0.05, 0.1) is 5.69 Å². The number of hydrogen-bond acceptors (Lipinski definition) is 3. The number of ether oxygens (including phenoxy) is 1. The predicted molar refractivity (Wildman–Crippen MR) is 85.3 cm³/mol. The van der Waals surface area contributed by atoms with Gasteiger partial charge in [0.15, 0.2) is 0 Å². The molecule has 1 aromatic heterocycles. The van der Waals surface area contributed by atoms with Crippen molar-refractivity contribution in [2.24, 2.45) is 7.05 Å². The molecule has 0 spiro atoms. The summed E-state index contributed by atoms with van der Waals surface area (Å²) in [6, 6.07) is 9.18. The Morgan fingerprint density at radius 1 is 1.14 bits per heavy atom. The number of esters is 1. The molecule has 4 heteroatoms. The molecule has 1 aromatic carbocycles. The topological polar surface area (TPSA) is 48.3 Å². The molecule has 0 saturated carbocycles. The second-order valence-corrected chi connectivity index (χ2v) is 5.49. The summed E-state index contributed by atoms with van der Waals surface area (Å²) in [6.07, 6.45) is 1.10. The average Bonchev–Trinajstić information content (AvgIpc) is 2.73. The van der Waals surface area contributed by atoms with Crippen LogP contribution in [0.4, 0.5) is 0 Å². The molecule has 0 aliphatic carbocycles. The highest BCUT2D eigenvalue weighted by atomic mass is 16.5. The number of rotatable bonds is 5. The number of ketones is 1. The molecule has 116 valence electrons. The number of aryl methyl sites for hydroxylation is 2. The van der Waals surface area contributed by atoms with Gasteiger partial charge < -0.3 is 9.30 Å². The van der Waals surface area contributed by atoms with Gasteiger partial charge in [0.1, 0.15) is 0 Å². The van der Waals surface area contributed by atoms with Gasteiger partial charge in [-0.2, -0.15) is 0 Å². The number of hydrogen-bond donors (Lipinski definition) is 0. The van der Waals surface area contributed by atoms with Crippen molar-refractivity contribution < 1.29 is 14.3 Å². The zero-order valence-corrected chi connectivity index (χ0v) is 13.5. The molecule has 0 bridgehead atoms. The molecule has 4 nitrogen and oxygen atoms in total. The molecule has 0 atom stereocenters. The molecule has 0 aliphatic rings. The number of aromatic nitrogens is 1. The van der Waals surface area contributed by atoms with Gasteiger partial charge in [0.2, 0.25) is 11.7 Å². The molecular weight excluding hydrogens is 278 g/mol. The lowest BCUT2D eigenvalue weighted by Gasteiger charge is -2.08. The van der Waals surface area contributed by atoms with Crippen molar-refractivity contribution in [1.82, 2.24) is 4.57 Å². The highest BCUT2D eigenvalue weighted by molar-refractivity contribution is 6.09. The monoisotopic (exact) mass is 299 g/mol. The maximum absolute atomic E-state index is 12.7. The van der Waals surface area contributed by atoms with Crippen molar-refractivity contribution in [3.63, 3.8) is 0 Å². The molecule has 0 amide bonds. The first kappa shape index (κ1) is 16.0. The lowest BCUT2D eigenvalue weighted by Crippen LogP contribution is -2.13. The zero-order chi connectivity index (χ0) is 16.3. The maximum Gasteiger partial charge on any atom is 0.312 e. The highest BCUT2D eigenvalue weighted by Gasteiger charge is 2.20. The van der Waals surface area contributed by atoms with Gasteiger partial charge in [-0.05, 0) is 25.8 Å². The second kappa shape index (κ2) is 6.60. The molecular formula is C18H21NO3. The largest absolute Gasteiger partial charge is 0.409 e. The van der Waals surface area contributed by atoms with E-state index in [1.807, 2.05) is 45.0 Å². The quantitative estimate of drug-likeness (QED) is 0.626. The molecule has 1 heterocycles. The summed E-state index contributed by atoms with van der Waals surface area (Å²) in [5.41, 5.74) is 3.08. The van der Waals surface area contributed by atoms with E-state index in [-0.39, 0.29) is 11.8 Å². The second-order valence-electron chi connectivity index (χ2n) is 5.49. The third-order valence-corrected chi connectivity index (χ3v) is 3.58. The van der Waals surface area contributed by atoms with Gasteiger partial charge in [-0.1, -0.05) is 36.8 Å². The van der Waals surface area contributed by atoms with E-state index in [4.69, 9.17) is 4.74 Å². The lowest BCUT2D eigenvalue weighted by atomic mass is 10.0. The van der Waals surface area contributed by atoms with Gasteiger partial charge in [-0.3, -0.25) is 9.59 Å².